The number of anilines is 2. The molecule has 2 fully saturated rings. The van der Waals surface area contributed by atoms with Crippen molar-refractivity contribution in [2.75, 3.05) is 10.0 Å². The van der Waals surface area contributed by atoms with E-state index < -0.39 is 10.0 Å². The second kappa shape index (κ2) is 7.24. The number of hydrogen-bond donors (Lipinski definition) is 2. The lowest BCUT2D eigenvalue weighted by Crippen LogP contribution is -2.27. The van der Waals surface area contributed by atoms with Crippen LogP contribution in [-0.4, -0.2) is 14.3 Å². The molecule has 28 heavy (non-hydrogen) atoms. The minimum Gasteiger partial charge on any atom is -0.326 e. The average molecular weight is 399 g/mol. The Morgan fingerprint density at radius 3 is 2.21 bits per heavy atom. The van der Waals surface area contributed by atoms with Crippen molar-refractivity contribution in [1.29, 1.82) is 0 Å². The quantitative estimate of drug-likeness (QED) is 0.780. The number of para-hydroxylation sites is 1. The molecule has 2 aliphatic carbocycles. The highest BCUT2D eigenvalue weighted by molar-refractivity contribution is 7.92. The fourth-order valence-corrected chi connectivity index (χ4v) is 5.89. The molecule has 2 N–H and O–H groups in total. The van der Waals surface area contributed by atoms with E-state index in [0.717, 1.165) is 24.0 Å². The first-order valence-corrected chi connectivity index (χ1v) is 11.3. The minimum absolute atomic E-state index is 0.0662. The number of sulfonamides is 1. The molecule has 0 spiro atoms. The van der Waals surface area contributed by atoms with Crippen LogP contribution in [0.4, 0.5) is 11.4 Å². The second-order valence-corrected chi connectivity index (χ2v) is 9.85. The van der Waals surface area contributed by atoms with E-state index in [1.807, 2.05) is 32.0 Å². The van der Waals surface area contributed by atoms with Gasteiger partial charge in [-0.15, -0.1) is 0 Å². The zero-order valence-electron chi connectivity index (χ0n) is 16.2. The molecule has 2 saturated carbocycles. The third-order valence-electron chi connectivity index (χ3n) is 6.22. The van der Waals surface area contributed by atoms with Gasteiger partial charge in [0.1, 0.15) is 0 Å². The molecule has 0 aromatic heterocycles. The summed E-state index contributed by atoms with van der Waals surface area (Å²) in [5, 5.41) is 2.96. The van der Waals surface area contributed by atoms with Gasteiger partial charge in [-0.1, -0.05) is 24.6 Å². The molecule has 0 heterocycles. The molecule has 2 aliphatic rings. The first-order valence-electron chi connectivity index (χ1n) is 9.83. The van der Waals surface area contributed by atoms with E-state index in [9.17, 15) is 13.2 Å². The van der Waals surface area contributed by atoms with Gasteiger partial charge in [-0.2, -0.15) is 0 Å². The van der Waals surface area contributed by atoms with E-state index in [2.05, 4.69) is 10.0 Å². The number of benzene rings is 2. The van der Waals surface area contributed by atoms with E-state index >= 15 is 0 Å². The van der Waals surface area contributed by atoms with Crippen LogP contribution < -0.4 is 10.0 Å². The van der Waals surface area contributed by atoms with Gasteiger partial charge in [0.2, 0.25) is 5.91 Å². The van der Waals surface area contributed by atoms with Gasteiger partial charge in [0.25, 0.3) is 10.0 Å². The molecule has 2 aromatic rings. The Kier molecular flexibility index (Phi) is 4.91. The van der Waals surface area contributed by atoms with E-state index in [4.69, 9.17) is 0 Å². The summed E-state index contributed by atoms with van der Waals surface area (Å²) < 4.78 is 28.2. The molecule has 4 rings (SSSR count). The molecule has 0 aliphatic heterocycles. The summed E-state index contributed by atoms with van der Waals surface area (Å²) in [6.07, 6.45) is 4.58. The Labute approximate surface area is 166 Å². The lowest BCUT2D eigenvalue weighted by molar-refractivity contribution is -0.121. The normalized spacial score (nSPS) is 23.6. The van der Waals surface area contributed by atoms with Gasteiger partial charge in [0.15, 0.2) is 0 Å². The highest BCUT2D eigenvalue weighted by Gasteiger charge is 2.43. The Morgan fingerprint density at radius 2 is 1.64 bits per heavy atom. The molecule has 3 atom stereocenters. The molecule has 2 bridgehead atoms. The number of rotatable bonds is 5. The lowest BCUT2D eigenvalue weighted by Gasteiger charge is -2.20. The van der Waals surface area contributed by atoms with E-state index in [-0.39, 0.29) is 16.7 Å². The van der Waals surface area contributed by atoms with Crippen LogP contribution in [0.1, 0.15) is 36.8 Å². The van der Waals surface area contributed by atoms with E-state index in [0.29, 0.717) is 23.2 Å². The zero-order chi connectivity index (χ0) is 19.9. The fourth-order valence-electron chi connectivity index (χ4n) is 4.69. The van der Waals surface area contributed by atoms with E-state index in [1.54, 1.807) is 12.1 Å². The van der Waals surface area contributed by atoms with Gasteiger partial charge in [-0.3, -0.25) is 9.52 Å². The number of fused-ring (bicyclic) bond motifs is 2. The van der Waals surface area contributed by atoms with Crippen molar-refractivity contribution in [3.8, 4) is 0 Å². The third kappa shape index (κ3) is 3.65. The molecule has 0 radical (unpaired) electrons. The molecular formula is C22H26N2O3S. The first-order chi connectivity index (χ1) is 13.3. The summed E-state index contributed by atoms with van der Waals surface area (Å²) in [6, 6.07) is 12.0. The van der Waals surface area contributed by atoms with Crippen molar-refractivity contribution in [3.05, 3.63) is 53.6 Å². The Hall–Kier alpha value is -2.34. The lowest BCUT2D eigenvalue weighted by atomic mass is 9.88. The maximum atomic E-state index is 12.7. The van der Waals surface area contributed by atoms with Crippen LogP contribution in [0.25, 0.3) is 0 Å². The number of carbonyl (C=O) groups excluding carboxylic acids is 1. The first kappa shape index (κ1) is 19.0. The van der Waals surface area contributed by atoms with Gasteiger partial charge in [-0.25, -0.2) is 8.42 Å². The van der Waals surface area contributed by atoms with Crippen LogP contribution in [0, 0.1) is 31.6 Å². The van der Waals surface area contributed by atoms with Crippen LogP contribution in [0.2, 0.25) is 0 Å². The molecule has 6 heteroatoms. The minimum atomic E-state index is -3.69. The van der Waals surface area contributed by atoms with Crippen molar-refractivity contribution in [2.24, 2.45) is 17.8 Å². The average Bonchev–Trinajstić information content (AvgIpc) is 3.29. The van der Waals surface area contributed by atoms with Crippen LogP contribution in [-0.2, 0) is 14.8 Å². The van der Waals surface area contributed by atoms with Crippen LogP contribution in [0.5, 0.6) is 0 Å². The summed E-state index contributed by atoms with van der Waals surface area (Å²) in [5.41, 5.74) is 2.99. The topological polar surface area (TPSA) is 75.3 Å². The predicted octanol–water partition coefficient (Wildman–Crippen LogP) is 4.48. The van der Waals surface area contributed by atoms with Crippen molar-refractivity contribution >= 4 is 27.3 Å². The summed E-state index contributed by atoms with van der Waals surface area (Å²) in [6.45, 7) is 3.75. The van der Waals surface area contributed by atoms with Crippen LogP contribution >= 0.6 is 0 Å². The largest absolute Gasteiger partial charge is 0.326 e. The number of nitrogens with one attached hydrogen (secondary N) is 2. The number of aryl methyl sites for hydroxylation is 2. The zero-order valence-corrected chi connectivity index (χ0v) is 17.1. The van der Waals surface area contributed by atoms with Gasteiger partial charge in [0, 0.05) is 11.6 Å². The summed E-state index contributed by atoms with van der Waals surface area (Å²) in [5.74, 6) is 1.40. The number of carbonyl (C=O) groups is 1. The Morgan fingerprint density at radius 1 is 0.964 bits per heavy atom. The summed E-state index contributed by atoms with van der Waals surface area (Å²) in [7, 11) is -3.69. The predicted molar refractivity (Wildman–Crippen MR) is 111 cm³/mol. The monoisotopic (exact) mass is 398 g/mol. The van der Waals surface area contributed by atoms with Gasteiger partial charge in [-0.05, 0) is 80.3 Å². The van der Waals surface area contributed by atoms with E-state index in [1.165, 1.54) is 25.0 Å². The van der Waals surface area contributed by atoms with Crippen molar-refractivity contribution in [3.63, 3.8) is 0 Å². The Balaban J connectivity index is 1.46. The molecule has 2 aromatic carbocycles. The smallest absolute Gasteiger partial charge is 0.261 e. The highest BCUT2D eigenvalue weighted by atomic mass is 32.2. The van der Waals surface area contributed by atoms with Crippen molar-refractivity contribution in [2.45, 2.75) is 44.4 Å². The third-order valence-corrected chi connectivity index (χ3v) is 7.59. The molecule has 1 amide bonds. The van der Waals surface area contributed by atoms with Crippen LogP contribution in [0.15, 0.2) is 47.4 Å². The second-order valence-electron chi connectivity index (χ2n) is 8.17. The van der Waals surface area contributed by atoms with Crippen LogP contribution in [0.3, 0.4) is 0 Å². The fraction of sp³-hybridized carbons (Fsp3) is 0.409. The number of hydrogen-bond acceptors (Lipinski definition) is 3. The van der Waals surface area contributed by atoms with Gasteiger partial charge in [0.05, 0.1) is 10.6 Å². The number of amides is 1. The SMILES string of the molecule is Cc1cccc(C)c1NS(=O)(=O)c1ccc(NC(=O)C2CC3CCC2C3)cc1. The summed E-state index contributed by atoms with van der Waals surface area (Å²) >= 11 is 0. The molecular weight excluding hydrogens is 372 g/mol. The van der Waals surface area contributed by atoms with Crippen molar-refractivity contribution in [1.82, 2.24) is 0 Å². The molecule has 3 unspecified atom stereocenters. The molecule has 148 valence electrons. The molecule has 5 nitrogen and oxygen atoms in total. The standard InChI is InChI=1S/C22H26N2O3S/c1-14-4-3-5-15(2)21(14)24-28(26,27)19-10-8-18(9-11-19)23-22(25)20-13-16-6-7-17(20)12-16/h3-5,8-11,16-17,20,24H,6-7,12-13H2,1-2H3,(H,23,25). The van der Waals surface area contributed by atoms with Crippen molar-refractivity contribution < 1.29 is 13.2 Å². The molecule has 0 saturated heterocycles. The van der Waals surface area contributed by atoms with Gasteiger partial charge >= 0.3 is 0 Å². The highest BCUT2D eigenvalue weighted by Crippen LogP contribution is 2.48. The van der Waals surface area contributed by atoms with Gasteiger partial charge < -0.3 is 5.32 Å². The maximum absolute atomic E-state index is 12.7. The maximum Gasteiger partial charge on any atom is 0.261 e. The Bertz CT molecular complexity index is 979. The summed E-state index contributed by atoms with van der Waals surface area (Å²) in [4.78, 5) is 12.7.